The minimum Gasteiger partial charge on any atom is -0.353 e. The van der Waals surface area contributed by atoms with Crippen molar-refractivity contribution in [2.75, 3.05) is 32.7 Å². The first-order chi connectivity index (χ1) is 9.22. The summed E-state index contributed by atoms with van der Waals surface area (Å²) in [5, 5.41) is 12.1. The van der Waals surface area contributed by atoms with Gasteiger partial charge in [-0.15, -0.1) is 0 Å². The monoisotopic (exact) mass is 264 g/mol. The van der Waals surface area contributed by atoms with Gasteiger partial charge < -0.3 is 10.2 Å². The van der Waals surface area contributed by atoms with Crippen molar-refractivity contribution in [3.05, 3.63) is 0 Å². The Balaban J connectivity index is 1.62. The molecule has 0 bridgehead atoms. The average Bonchev–Trinajstić information content (AvgIpc) is 3.23. The Hall–Kier alpha value is -1.12. The number of carbonyl (C=O) groups excluding carboxylic acids is 1. The van der Waals surface area contributed by atoms with E-state index in [4.69, 9.17) is 5.26 Å². The number of carbonyl (C=O) groups is 1. The zero-order valence-electron chi connectivity index (χ0n) is 11.8. The quantitative estimate of drug-likeness (QED) is 0.762. The van der Waals surface area contributed by atoms with Crippen molar-refractivity contribution in [1.82, 2.24) is 15.1 Å². The molecule has 1 aliphatic heterocycles. The van der Waals surface area contributed by atoms with Gasteiger partial charge in [0.1, 0.15) is 0 Å². The Morgan fingerprint density at radius 3 is 2.58 bits per heavy atom. The summed E-state index contributed by atoms with van der Waals surface area (Å²) in [7, 11) is 0. The molecule has 1 N–H and O–H groups in total. The van der Waals surface area contributed by atoms with Crippen LogP contribution in [0.3, 0.4) is 0 Å². The van der Waals surface area contributed by atoms with Gasteiger partial charge in [0, 0.05) is 45.2 Å². The van der Waals surface area contributed by atoms with Crippen LogP contribution < -0.4 is 5.32 Å². The van der Waals surface area contributed by atoms with Gasteiger partial charge in [-0.3, -0.25) is 9.69 Å². The molecule has 1 heterocycles. The lowest BCUT2D eigenvalue weighted by Crippen LogP contribution is -2.50. The lowest BCUT2D eigenvalue weighted by atomic mass is 10.2. The fourth-order valence-corrected chi connectivity index (χ4v) is 2.52. The van der Waals surface area contributed by atoms with E-state index in [0.29, 0.717) is 12.5 Å². The van der Waals surface area contributed by atoms with E-state index >= 15 is 0 Å². The summed E-state index contributed by atoms with van der Waals surface area (Å²) in [5.41, 5.74) is 0. The topological polar surface area (TPSA) is 59.4 Å². The first kappa shape index (κ1) is 14.3. The summed E-state index contributed by atoms with van der Waals surface area (Å²) in [6.07, 6.45) is 3.79. The molecule has 0 radical (unpaired) electrons. The van der Waals surface area contributed by atoms with Gasteiger partial charge >= 0.3 is 0 Å². The maximum atomic E-state index is 11.6. The number of hydrogen-bond donors (Lipinski definition) is 1. The highest BCUT2D eigenvalue weighted by molar-refractivity contribution is 5.76. The molecule has 1 saturated carbocycles. The molecule has 19 heavy (non-hydrogen) atoms. The van der Waals surface area contributed by atoms with Gasteiger partial charge in [-0.1, -0.05) is 6.92 Å². The minimum absolute atomic E-state index is 0.0558. The van der Waals surface area contributed by atoms with Gasteiger partial charge in [0.15, 0.2) is 0 Å². The predicted molar refractivity (Wildman–Crippen MR) is 73.5 cm³/mol. The number of nitrogens with one attached hydrogen (secondary N) is 1. The van der Waals surface area contributed by atoms with Crippen molar-refractivity contribution in [1.29, 1.82) is 5.26 Å². The zero-order chi connectivity index (χ0) is 13.7. The van der Waals surface area contributed by atoms with Crippen molar-refractivity contribution in [3.8, 4) is 6.07 Å². The van der Waals surface area contributed by atoms with Crippen molar-refractivity contribution in [2.45, 2.75) is 44.7 Å². The van der Waals surface area contributed by atoms with E-state index in [1.165, 1.54) is 0 Å². The van der Waals surface area contributed by atoms with Crippen LogP contribution in [0.5, 0.6) is 0 Å². The van der Waals surface area contributed by atoms with Crippen molar-refractivity contribution in [2.24, 2.45) is 0 Å². The molecule has 1 amide bonds. The molecule has 5 nitrogen and oxygen atoms in total. The lowest BCUT2D eigenvalue weighted by molar-refractivity contribution is -0.121. The Morgan fingerprint density at radius 2 is 2.05 bits per heavy atom. The van der Waals surface area contributed by atoms with Crippen LogP contribution in [0.2, 0.25) is 0 Å². The molecule has 2 aliphatic rings. The summed E-state index contributed by atoms with van der Waals surface area (Å²) in [6.45, 7) is 6.72. The predicted octanol–water partition coefficient (Wildman–Crippen LogP) is 0.575. The largest absolute Gasteiger partial charge is 0.353 e. The fourth-order valence-electron chi connectivity index (χ4n) is 2.52. The molecule has 2 rings (SSSR count). The molecule has 0 aromatic rings. The van der Waals surface area contributed by atoms with Crippen molar-refractivity contribution < 1.29 is 4.79 Å². The third-order valence-electron chi connectivity index (χ3n) is 3.98. The van der Waals surface area contributed by atoms with Crippen LogP contribution in [0.1, 0.15) is 32.6 Å². The number of rotatable bonds is 6. The van der Waals surface area contributed by atoms with Gasteiger partial charge in [0.2, 0.25) is 5.91 Å². The van der Waals surface area contributed by atoms with Crippen LogP contribution in [-0.2, 0) is 4.79 Å². The molecule has 1 unspecified atom stereocenters. The molecule has 106 valence electrons. The molecular formula is C14H24N4O. The third-order valence-corrected chi connectivity index (χ3v) is 3.98. The molecule has 1 atom stereocenters. The summed E-state index contributed by atoms with van der Waals surface area (Å²) in [6, 6.07) is 2.88. The number of nitrogens with zero attached hydrogens (tertiary/aromatic N) is 3. The van der Waals surface area contributed by atoms with Gasteiger partial charge in [0.05, 0.1) is 12.1 Å². The van der Waals surface area contributed by atoms with Gasteiger partial charge in [-0.25, -0.2) is 0 Å². The Morgan fingerprint density at radius 1 is 1.37 bits per heavy atom. The summed E-state index contributed by atoms with van der Waals surface area (Å²) >= 11 is 0. The van der Waals surface area contributed by atoms with Crippen LogP contribution in [0.4, 0.5) is 0 Å². The maximum Gasteiger partial charge on any atom is 0.221 e. The number of nitriles is 1. The van der Waals surface area contributed by atoms with Gasteiger partial charge in [-0.05, 0) is 19.3 Å². The molecule has 2 fully saturated rings. The third kappa shape index (κ3) is 4.48. The minimum atomic E-state index is 0.0558. The maximum absolute atomic E-state index is 11.6. The Bertz CT molecular complexity index is 340. The van der Waals surface area contributed by atoms with E-state index in [-0.39, 0.29) is 11.9 Å². The van der Waals surface area contributed by atoms with Gasteiger partial charge in [-0.2, -0.15) is 5.26 Å². The van der Waals surface area contributed by atoms with Crippen LogP contribution in [0.15, 0.2) is 0 Å². The SMILES string of the molecule is CCC(C#N)N1CCN(CCC(=O)NC2CC2)CC1. The number of amides is 1. The normalized spacial score (nSPS) is 22.7. The Kier molecular flexibility index (Phi) is 5.17. The number of hydrogen-bond acceptors (Lipinski definition) is 4. The molecule has 0 aromatic heterocycles. The van der Waals surface area contributed by atoms with Gasteiger partial charge in [0.25, 0.3) is 0 Å². The average molecular weight is 264 g/mol. The highest BCUT2D eigenvalue weighted by atomic mass is 16.1. The second-order valence-corrected chi connectivity index (χ2v) is 5.52. The fraction of sp³-hybridized carbons (Fsp3) is 0.857. The molecule has 1 aliphatic carbocycles. The molecule has 0 spiro atoms. The number of piperazine rings is 1. The van der Waals surface area contributed by atoms with E-state index in [1.54, 1.807) is 0 Å². The second kappa shape index (κ2) is 6.88. The molecular weight excluding hydrogens is 240 g/mol. The standard InChI is InChI=1S/C14H24N4O/c1-2-13(11-15)18-9-7-17(8-10-18)6-5-14(19)16-12-3-4-12/h12-13H,2-10H2,1H3,(H,16,19). The van der Waals surface area contributed by atoms with E-state index in [9.17, 15) is 4.79 Å². The van der Waals surface area contributed by atoms with Crippen LogP contribution in [0, 0.1) is 11.3 Å². The molecule has 0 aromatic carbocycles. The second-order valence-electron chi connectivity index (χ2n) is 5.52. The van der Waals surface area contributed by atoms with Crippen molar-refractivity contribution >= 4 is 5.91 Å². The van der Waals surface area contributed by atoms with E-state index in [2.05, 4.69) is 28.1 Å². The zero-order valence-corrected chi connectivity index (χ0v) is 11.8. The summed E-state index contributed by atoms with van der Waals surface area (Å²) in [4.78, 5) is 16.2. The van der Waals surface area contributed by atoms with E-state index in [0.717, 1.165) is 52.0 Å². The highest BCUT2D eigenvalue weighted by Crippen LogP contribution is 2.18. The molecule has 1 saturated heterocycles. The van der Waals surface area contributed by atoms with Crippen LogP contribution in [0.25, 0.3) is 0 Å². The van der Waals surface area contributed by atoms with E-state index in [1.807, 2.05) is 0 Å². The first-order valence-corrected chi connectivity index (χ1v) is 7.38. The highest BCUT2D eigenvalue weighted by Gasteiger charge is 2.25. The lowest BCUT2D eigenvalue weighted by Gasteiger charge is -2.36. The molecule has 5 heteroatoms. The smallest absolute Gasteiger partial charge is 0.221 e. The summed E-state index contributed by atoms with van der Waals surface area (Å²) in [5.74, 6) is 0.188. The summed E-state index contributed by atoms with van der Waals surface area (Å²) < 4.78 is 0. The first-order valence-electron chi connectivity index (χ1n) is 7.38. The van der Waals surface area contributed by atoms with Crippen molar-refractivity contribution in [3.63, 3.8) is 0 Å². The van der Waals surface area contributed by atoms with E-state index < -0.39 is 0 Å². The Labute approximate surface area is 115 Å². The van der Waals surface area contributed by atoms with Crippen LogP contribution >= 0.6 is 0 Å². The van der Waals surface area contributed by atoms with Crippen LogP contribution in [-0.4, -0.2) is 60.5 Å².